The fourth-order valence-electron chi connectivity index (χ4n) is 5.94. The lowest BCUT2D eigenvalue weighted by atomic mass is 9.98. The Morgan fingerprint density at radius 2 is 1.62 bits per heavy atom. The lowest BCUT2D eigenvalue weighted by Crippen LogP contribution is -2.49. The molecule has 2 saturated heterocycles. The van der Waals surface area contributed by atoms with E-state index in [-0.39, 0.29) is 5.91 Å². The van der Waals surface area contributed by atoms with Gasteiger partial charge in [0.05, 0.1) is 34.8 Å². The third-order valence-electron chi connectivity index (χ3n) is 8.29. The Labute approximate surface area is 234 Å². The van der Waals surface area contributed by atoms with Crippen LogP contribution in [0.4, 0.5) is 11.4 Å². The van der Waals surface area contributed by atoms with E-state index >= 15 is 0 Å². The highest BCUT2D eigenvalue weighted by molar-refractivity contribution is 5.96. The van der Waals surface area contributed by atoms with Gasteiger partial charge in [-0.3, -0.25) is 19.8 Å². The molecule has 0 atom stereocenters. The van der Waals surface area contributed by atoms with Crippen molar-refractivity contribution in [3.05, 3.63) is 82.8 Å². The number of aromatic nitrogens is 3. The average molecular weight is 535 g/mol. The van der Waals surface area contributed by atoms with Crippen LogP contribution in [0.2, 0.25) is 0 Å². The molecule has 9 nitrogen and oxygen atoms in total. The van der Waals surface area contributed by atoms with Crippen LogP contribution in [0.1, 0.15) is 32.6 Å². The number of benzene rings is 2. The second-order valence-corrected chi connectivity index (χ2v) is 10.8. The zero-order valence-corrected chi connectivity index (χ0v) is 23.1. The van der Waals surface area contributed by atoms with Gasteiger partial charge in [0.25, 0.3) is 5.91 Å². The first-order valence-electron chi connectivity index (χ1n) is 13.9. The first kappa shape index (κ1) is 25.8. The number of piperazine rings is 2. The van der Waals surface area contributed by atoms with Crippen molar-refractivity contribution >= 4 is 28.2 Å². The van der Waals surface area contributed by atoms with Crippen LogP contribution in [0.5, 0.6) is 0 Å². The molecule has 2 aliphatic rings. The lowest BCUT2D eigenvalue weighted by molar-refractivity contribution is 0.0746. The number of nitriles is 1. The van der Waals surface area contributed by atoms with Gasteiger partial charge >= 0.3 is 0 Å². The standard InChI is InChI=1S/C31H34N8O/c1-22-15-23(2)27(16-25(22)21-36-7-9-37(10-8-36)28-6-4-3-5-24(28)17-32)31(40)39-13-11-38(12-14-39)29-20-33-18-26-19-34-35-30(26)29/h3-6,15-16,18-20H,7-14,21H2,1-2H3,(H,34,35). The van der Waals surface area contributed by atoms with Gasteiger partial charge in [0.1, 0.15) is 6.07 Å². The molecule has 2 aliphatic heterocycles. The summed E-state index contributed by atoms with van der Waals surface area (Å²) in [6, 6.07) is 14.4. The molecule has 0 unspecified atom stereocenters. The second-order valence-electron chi connectivity index (χ2n) is 10.8. The fourth-order valence-corrected chi connectivity index (χ4v) is 5.94. The summed E-state index contributed by atoms with van der Waals surface area (Å²) in [6.07, 6.45) is 5.47. The number of aryl methyl sites for hydroxylation is 2. The number of para-hydroxylation sites is 1. The normalized spacial score (nSPS) is 16.4. The summed E-state index contributed by atoms with van der Waals surface area (Å²) in [6.45, 7) is 11.4. The maximum absolute atomic E-state index is 13.7. The maximum Gasteiger partial charge on any atom is 0.254 e. The fraction of sp³-hybridized carbons (Fsp3) is 0.355. The number of anilines is 2. The monoisotopic (exact) mass is 534 g/mol. The molecule has 0 radical (unpaired) electrons. The van der Waals surface area contributed by atoms with Crippen molar-refractivity contribution in [1.82, 2.24) is 25.0 Å². The molecule has 2 fully saturated rings. The minimum atomic E-state index is 0.106. The minimum absolute atomic E-state index is 0.106. The largest absolute Gasteiger partial charge is 0.368 e. The molecule has 204 valence electrons. The van der Waals surface area contributed by atoms with E-state index in [1.54, 1.807) is 6.20 Å². The molecular weight excluding hydrogens is 500 g/mol. The van der Waals surface area contributed by atoms with Crippen LogP contribution in [0.25, 0.3) is 10.9 Å². The van der Waals surface area contributed by atoms with Crippen LogP contribution in [0.3, 0.4) is 0 Å². The second kappa shape index (κ2) is 11.0. The Bertz CT molecular complexity index is 1570. The smallest absolute Gasteiger partial charge is 0.254 e. The zero-order valence-electron chi connectivity index (χ0n) is 23.1. The van der Waals surface area contributed by atoms with E-state index in [1.165, 1.54) is 11.1 Å². The van der Waals surface area contributed by atoms with Gasteiger partial charge < -0.3 is 14.7 Å². The van der Waals surface area contributed by atoms with Crippen LogP contribution in [-0.4, -0.2) is 83.2 Å². The molecule has 4 aromatic rings. The van der Waals surface area contributed by atoms with Crippen molar-refractivity contribution < 1.29 is 4.79 Å². The number of fused-ring (bicyclic) bond motifs is 1. The van der Waals surface area contributed by atoms with Gasteiger partial charge in [0.15, 0.2) is 0 Å². The number of nitrogens with one attached hydrogen (secondary N) is 1. The van der Waals surface area contributed by atoms with Crippen molar-refractivity contribution in [3.63, 3.8) is 0 Å². The number of pyridine rings is 1. The molecule has 0 bridgehead atoms. The van der Waals surface area contributed by atoms with Crippen molar-refractivity contribution in [2.75, 3.05) is 62.2 Å². The minimum Gasteiger partial charge on any atom is -0.368 e. The lowest BCUT2D eigenvalue weighted by Gasteiger charge is -2.37. The van der Waals surface area contributed by atoms with Gasteiger partial charge in [0.2, 0.25) is 0 Å². The molecule has 0 saturated carbocycles. The molecule has 1 N–H and O–H groups in total. The van der Waals surface area contributed by atoms with Crippen LogP contribution >= 0.6 is 0 Å². The Morgan fingerprint density at radius 1 is 0.900 bits per heavy atom. The van der Waals surface area contributed by atoms with E-state index in [1.807, 2.05) is 48.5 Å². The van der Waals surface area contributed by atoms with Crippen molar-refractivity contribution in [3.8, 4) is 6.07 Å². The van der Waals surface area contributed by atoms with E-state index in [0.29, 0.717) is 13.1 Å². The molecule has 0 spiro atoms. The summed E-state index contributed by atoms with van der Waals surface area (Å²) in [5, 5.41) is 17.7. The van der Waals surface area contributed by atoms with Gasteiger partial charge in [-0.15, -0.1) is 0 Å². The zero-order chi connectivity index (χ0) is 27.6. The summed E-state index contributed by atoms with van der Waals surface area (Å²) in [5.74, 6) is 0.106. The highest BCUT2D eigenvalue weighted by Gasteiger charge is 2.26. The number of H-pyrrole nitrogens is 1. The number of hydrogen-bond donors (Lipinski definition) is 1. The van der Waals surface area contributed by atoms with Gasteiger partial charge in [-0.1, -0.05) is 18.2 Å². The molecule has 40 heavy (non-hydrogen) atoms. The van der Waals surface area contributed by atoms with E-state index in [0.717, 1.165) is 84.8 Å². The highest BCUT2D eigenvalue weighted by atomic mass is 16.2. The quantitative estimate of drug-likeness (QED) is 0.417. The van der Waals surface area contributed by atoms with E-state index in [9.17, 15) is 10.1 Å². The molecule has 0 aliphatic carbocycles. The van der Waals surface area contributed by atoms with Crippen LogP contribution in [0, 0.1) is 25.2 Å². The highest BCUT2D eigenvalue weighted by Crippen LogP contribution is 2.26. The molecular formula is C31H34N8O. The van der Waals surface area contributed by atoms with Gasteiger partial charge in [-0.2, -0.15) is 10.4 Å². The van der Waals surface area contributed by atoms with Crippen LogP contribution < -0.4 is 9.80 Å². The predicted molar refractivity (Wildman–Crippen MR) is 157 cm³/mol. The van der Waals surface area contributed by atoms with Gasteiger partial charge in [-0.25, -0.2) is 0 Å². The van der Waals surface area contributed by atoms with Crippen LogP contribution in [-0.2, 0) is 6.54 Å². The molecule has 2 aromatic carbocycles. The van der Waals surface area contributed by atoms with E-state index in [4.69, 9.17) is 0 Å². The summed E-state index contributed by atoms with van der Waals surface area (Å²) in [7, 11) is 0. The summed E-state index contributed by atoms with van der Waals surface area (Å²) in [4.78, 5) is 27.0. The van der Waals surface area contributed by atoms with E-state index in [2.05, 4.69) is 55.0 Å². The average Bonchev–Trinajstić information content (AvgIpc) is 3.48. The number of nitrogens with zero attached hydrogens (tertiary/aromatic N) is 7. The SMILES string of the molecule is Cc1cc(C)c(C(=O)N2CCN(c3cncc4cn[nH]c34)CC2)cc1CN1CCN(c2ccccc2C#N)CC1. The van der Waals surface area contributed by atoms with Crippen molar-refractivity contribution in [2.45, 2.75) is 20.4 Å². The Kier molecular flexibility index (Phi) is 7.10. The Hall–Kier alpha value is -4.42. The topological polar surface area (TPSA) is 95.4 Å². The number of amides is 1. The summed E-state index contributed by atoms with van der Waals surface area (Å²) < 4.78 is 0. The van der Waals surface area contributed by atoms with Gasteiger partial charge in [-0.05, 0) is 48.7 Å². The number of hydrogen-bond acceptors (Lipinski definition) is 7. The molecule has 9 heteroatoms. The number of aromatic amines is 1. The van der Waals surface area contributed by atoms with Crippen LogP contribution in [0.15, 0.2) is 55.0 Å². The molecule has 6 rings (SSSR count). The van der Waals surface area contributed by atoms with Gasteiger partial charge in [0, 0.05) is 76.0 Å². The summed E-state index contributed by atoms with van der Waals surface area (Å²) in [5.41, 5.74) is 8.01. The Balaban J connectivity index is 1.10. The van der Waals surface area contributed by atoms with Crippen molar-refractivity contribution in [2.24, 2.45) is 0 Å². The molecule has 1 amide bonds. The third kappa shape index (κ3) is 4.98. The number of carbonyl (C=O) groups is 1. The van der Waals surface area contributed by atoms with E-state index < -0.39 is 0 Å². The third-order valence-corrected chi connectivity index (χ3v) is 8.29. The Morgan fingerprint density at radius 3 is 2.40 bits per heavy atom. The number of carbonyl (C=O) groups excluding carboxylic acids is 1. The first-order chi connectivity index (χ1) is 19.5. The molecule has 2 aromatic heterocycles. The number of rotatable bonds is 5. The summed E-state index contributed by atoms with van der Waals surface area (Å²) >= 11 is 0. The first-order valence-corrected chi connectivity index (χ1v) is 13.9. The maximum atomic E-state index is 13.7. The van der Waals surface area contributed by atoms with Crippen molar-refractivity contribution in [1.29, 1.82) is 5.26 Å². The molecule has 4 heterocycles. The predicted octanol–water partition coefficient (Wildman–Crippen LogP) is 3.73.